The summed E-state index contributed by atoms with van der Waals surface area (Å²) in [5.41, 5.74) is 5.40. The Balaban J connectivity index is 3.02. The average molecular weight is 155 g/mol. The second-order valence-electron chi connectivity index (χ2n) is 1.81. The molecule has 1 rings (SSSR count). The standard InChI is InChI=1S/C6H9N3O2/c1-10-4-3-8-5(7)6(9-4)11-2/h3H,1-2H3,(H2,7,8). The molecule has 0 radical (unpaired) electrons. The van der Waals surface area contributed by atoms with Gasteiger partial charge >= 0.3 is 0 Å². The first kappa shape index (κ1) is 7.59. The van der Waals surface area contributed by atoms with Crippen molar-refractivity contribution in [1.29, 1.82) is 0 Å². The van der Waals surface area contributed by atoms with E-state index in [1.54, 1.807) is 0 Å². The van der Waals surface area contributed by atoms with E-state index in [9.17, 15) is 0 Å². The van der Waals surface area contributed by atoms with Crippen LogP contribution in [0.4, 0.5) is 5.82 Å². The molecular formula is C6H9N3O2. The normalized spacial score (nSPS) is 9.27. The summed E-state index contributed by atoms with van der Waals surface area (Å²) >= 11 is 0. The van der Waals surface area contributed by atoms with Crippen LogP contribution >= 0.6 is 0 Å². The second kappa shape index (κ2) is 3.05. The Labute approximate surface area is 64.2 Å². The number of ether oxygens (including phenoxy) is 2. The molecule has 0 spiro atoms. The fourth-order valence-corrected chi connectivity index (χ4v) is 0.615. The van der Waals surface area contributed by atoms with Crippen LogP contribution in [-0.4, -0.2) is 24.2 Å². The van der Waals surface area contributed by atoms with Crippen LogP contribution in [0, 0.1) is 0 Å². The molecule has 0 aliphatic heterocycles. The van der Waals surface area contributed by atoms with Crippen LogP contribution in [0.15, 0.2) is 6.20 Å². The van der Waals surface area contributed by atoms with Gasteiger partial charge in [-0.05, 0) is 0 Å². The van der Waals surface area contributed by atoms with E-state index in [-0.39, 0.29) is 11.7 Å². The van der Waals surface area contributed by atoms with Gasteiger partial charge in [-0.3, -0.25) is 0 Å². The first-order valence-electron chi connectivity index (χ1n) is 2.98. The Kier molecular flexibility index (Phi) is 2.10. The average Bonchev–Trinajstić information content (AvgIpc) is 2.05. The highest BCUT2D eigenvalue weighted by molar-refractivity contribution is 5.40. The van der Waals surface area contributed by atoms with Crippen LogP contribution in [0.2, 0.25) is 0 Å². The summed E-state index contributed by atoms with van der Waals surface area (Å²) in [5.74, 6) is 0.925. The number of hydrogen-bond acceptors (Lipinski definition) is 5. The van der Waals surface area contributed by atoms with Crippen molar-refractivity contribution >= 4 is 5.82 Å². The van der Waals surface area contributed by atoms with Gasteiger partial charge in [0, 0.05) is 0 Å². The summed E-state index contributed by atoms with van der Waals surface area (Å²) < 4.78 is 9.61. The van der Waals surface area contributed by atoms with Crippen LogP contribution in [0.3, 0.4) is 0 Å². The van der Waals surface area contributed by atoms with E-state index in [4.69, 9.17) is 15.2 Å². The fraction of sp³-hybridized carbons (Fsp3) is 0.333. The van der Waals surface area contributed by atoms with Crippen LogP contribution in [0.25, 0.3) is 0 Å². The van der Waals surface area contributed by atoms with Gasteiger partial charge in [0.1, 0.15) is 0 Å². The smallest absolute Gasteiger partial charge is 0.260 e. The summed E-state index contributed by atoms with van der Waals surface area (Å²) in [6, 6.07) is 0. The SMILES string of the molecule is COc1cnc(N)c(OC)n1. The molecule has 60 valence electrons. The third-order valence-electron chi connectivity index (χ3n) is 1.15. The van der Waals surface area contributed by atoms with Gasteiger partial charge in [0.25, 0.3) is 5.88 Å². The molecule has 5 heteroatoms. The molecule has 5 nitrogen and oxygen atoms in total. The Morgan fingerprint density at radius 3 is 2.64 bits per heavy atom. The maximum Gasteiger partial charge on any atom is 0.260 e. The summed E-state index contributed by atoms with van der Waals surface area (Å²) in [5, 5.41) is 0. The van der Waals surface area contributed by atoms with Gasteiger partial charge in [-0.1, -0.05) is 0 Å². The molecule has 0 amide bonds. The number of methoxy groups -OCH3 is 2. The van der Waals surface area contributed by atoms with E-state index >= 15 is 0 Å². The van der Waals surface area contributed by atoms with Crippen LogP contribution in [-0.2, 0) is 0 Å². The molecule has 0 atom stereocenters. The summed E-state index contributed by atoms with van der Waals surface area (Å²) in [6.07, 6.45) is 1.43. The van der Waals surface area contributed by atoms with E-state index in [2.05, 4.69) is 9.97 Å². The highest BCUT2D eigenvalue weighted by atomic mass is 16.5. The van der Waals surface area contributed by atoms with Gasteiger partial charge in [-0.15, -0.1) is 0 Å². The molecule has 0 saturated carbocycles. The minimum absolute atomic E-state index is 0.258. The maximum atomic E-state index is 5.40. The number of hydrogen-bond donors (Lipinski definition) is 1. The van der Waals surface area contributed by atoms with Crippen molar-refractivity contribution in [3.05, 3.63) is 6.20 Å². The van der Waals surface area contributed by atoms with E-state index in [1.165, 1.54) is 20.4 Å². The molecule has 0 aromatic carbocycles. The zero-order valence-electron chi connectivity index (χ0n) is 6.37. The zero-order chi connectivity index (χ0) is 8.27. The molecular weight excluding hydrogens is 146 g/mol. The second-order valence-corrected chi connectivity index (χ2v) is 1.81. The Hall–Kier alpha value is -1.52. The molecule has 11 heavy (non-hydrogen) atoms. The van der Waals surface area contributed by atoms with Crippen molar-refractivity contribution < 1.29 is 9.47 Å². The van der Waals surface area contributed by atoms with Gasteiger partial charge in [0.15, 0.2) is 5.82 Å². The first-order valence-corrected chi connectivity index (χ1v) is 2.98. The lowest BCUT2D eigenvalue weighted by Crippen LogP contribution is -1.99. The topological polar surface area (TPSA) is 70.3 Å². The van der Waals surface area contributed by atoms with Gasteiger partial charge < -0.3 is 15.2 Å². The molecule has 1 aromatic heterocycles. The van der Waals surface area contributed by atoms with Crippen molar-refractivity contribution in [3.63, 3.8) is 0 Å². The minimum atomic E-state index is 0.258. The van der Waals surface area contributed by atoms with Crippen LogP contribution in [0.1, 0.15) is 0 Å². The van der Waals surface area contributed by atoms with E-state index in [1.807, 2.05) is 0 Å². The largest absolute Gasteiger partial charge is 0.480 e. The van der Waals surface area contributed by atoms with E-state index in [0.29, 0.717) is 5.88 Å². The molecule has 0 saturated heterocycles. The van der Waals surface area contributed by atoms with Crippen molar-refractivity contribution in [2.75, 3.05) is 20.0 Å². The Bertz CT molecular complexity index is 252. The molecule has 0 bridgehead atoms. The minimum Gasteiger partial charge on any atom is -0.480 e. The highest BCUT2D eigenvalue weighted by Crippen LogP contribution is 2.17. The lowest BCUT2D eigenvalue weighted by molar-refractivity contribution is 0.363. The summed E-state index contributed by atoms with van der Waals surface area (Å²) in [7, 11) is 2.97. The van der Waals surface area contributed by atoms with Crippen LogP contribution in [0.5, 0.6) is 11.8 Å². The fourth-order valence-electron chi connectivity index (χ4n) is 0.615. The zero-order valence-corrected chi connectivity index (χ0v) is 6.37. The maximum absolute atomic E-state index is 5.40. The third kappa shape index (κ3) is 1.49. The number of nitrogen functional groups attached to an aromatic ring is 1. The number of nitrogens with zero attached hydrogens (tertiary/aromatic N) is 2. The highest BCUT2D eigenvalue weighted by Gasteiger charge is 2.02. The molecule has 1 aromatic rings. The lowest BCUT2D eigenvalue weighted by Gasteiger charge is -2.02. The van der Waals surface area contributed by atoms with Gasteiger partial charge in [-0.25, -0.2) is 4.98 Å². The Morgan fingerprint density at radius 1 is 1.36 bits per heavy atom. The van der Waals surface area contributed by atoms with Crippen LogP contribution < -0.4 is 15.2 Å². The molecule has 0 aliphatic carbocycles. The predicted octanol–water partition coefficient (Wildman–Crippen LogP) is 0.0760. The summed E-state index contributed by atoms with van der Waals surface area (Å²) in [6.45, 7) is 0. The number of rotatable bonds is 2. The first-order chi connectivity index (χ1) is 5.27. The van der Waals surface area contributed by atoms with Gasteiger partial charge in [0.2, 0.25) is 5.88 Å². The molecule has 2 N–H and O–H groups in total. The van der Waals surface area contributed by atoms with Crippen molar-refractivity contribution in [3.8, 4) is 11.8 Å². The van der Waals surface area contributed by atoms with Gasteiger partial charge in [0.05, 0.1) is 20.4 Å². The lowest BCUT2D eigenvalue weighted by atomic mass is 10.6. The molecule has 1 heterocycles. The quantitative estimate of drug-likeness (QED) is 0.654. The molecule has 0 fully saturated rings. The van der Waals surface area contributed by atoms with Crippen molar-refractivity contribution in [2.24, 2.45) is 0 Å². The molecule has 0 unspecified atom stereocenters. The van der Waals surface area contributed by atoms with Crippen molar-refractivity contribution in [1.82, 2.24) is 9.97 Å². The Morgan fingerprint density at radius 2 is 2.09 bits per heavy atom. The van der Waals surface area contributed by atoms with Gasteiger partial charge in [-0.2, -0.15) is 4.98 Å². The monoisotopic (exact) mass is 155 g/mol. The summed E-state index contributed by atoms with van der Waals surface area (Å²) in [4.78, 5) is 7.66. The number of nitrogens with two attached hydrogens (primary N) is 1. The van der Waals surface area contributed by atoms with E-state index in [0.717, 1.165) is 0 Å². The predicted molar refractivity (Wildman–Crippen MR) is 39.5 cm³/mol. The third-order valence-corrected chi connectivity index (χ3v) is 1.15. The van der Waals surface area contributed by atoms with E-state index < -0.39 is 0 Å². The van der Waals surface area contributed by atoms with Crippen molar-refractivity contribution in [2.45, 2.75) is 0 Å². The number of aromatic nitrogens is 2. The number of anilines is 1. The molecule has 0 aliphatic rings.